The highest BCUT2D eigenvalue weighted by Gasteiger charge is 2.43. The fraction of sp³-hybridized carbons (Fsp3) is 0.458. The van der Waals surface area contributed by atoms with E-state index in [1.807, 2.05) is 0 Å². The number of halogens is 2. The van der Waals surface area contributed by atoms with Crippen LogP contribution >= 0.6 is 0 Å². The van der Waals surface area contributed by atoms with E-state index in [4.69, 9.17) is 4.74 Å². The molecular formula is C24H28F2N2O3. The van der Waals surface area contributed by atoms with Crippen molar-refractivity contribution in [2.24, 2.45) is 5.92 Å². The number of hydrogen-bond acceptors (Lipinski definition) is 4. The fourth-order valence-electron chi connectivity index (χ4n) is 4.79. The largest absolute Gasteiger partial charge is 0.508 e. The average Bonchev–Trinajstić information content (AvgIpc) is 3.08. The highest BCUT2D eigenvalue weighted by Crippen LogP contribution is 2.44. The number of rotatable bonds is 5. The first kappa shape index (κ1) is 21.7. The van der Waals surface area contributed by atoms with E-state index in [0.29, 0.717) is 44.6 Å². The van der Waals surface area contributed by atoms with Gasteiger partial charge in [-0.2, -0.15) is 0 Å². The Balaban J connectivity index is 1.46. The van der Waals surface area contributed by atoms with Crippen LogP contribution < -0.4 is 0 Å². The minimum absolute atomic E-state index is 0.0170. The van der Waals surface area contributed by atoms with Crippen LogP contribution in [0, 0.1) is 17.6 Å². The molecule has 31 heavy (non-hydrogen) atoms. The molecule has 2 aromatic carbocycles. The quantitative estimate of drug-likeness (QED) is 0.790. The number of aromatic hydroxyl groups is 1. The second kappa shape index (κ2) is 8.55. The van der Waals surface area contributed by atoms with Crippen LogP contribution in [0.3, 0.4) is 0 Å². The van der Waals surface area contributed by atoms with Crippen molar-refractivity contribution in [2.45, 2.75) is 31.5 Å². The number of phenolic OH excluding ortho intramolecular Hbond substituents is 1. The summed E-state index contributed by atoms with van der Waals surface area (Å²) in [5, 5.41) is 9.72. The standard InChI is InChI=1S/C24H28F2N2O3/c1-27(2)23(30)18(11-17-12-20(29)5-6-22(17)26)14-28-9-7-24(8-10-28)21-13-19(25)4-3-16(21)15-31-24/h3-6,12-13,18,29H,7-11,14-15H2,1-2H3. The number of ether oxygens (including phenoxy) is 1. The predicted molar refractivity (Wildman–Crippen MR) is 112 cm³/mol. The number of nitrogens with zero attached hydrogens (tertiary/aromatic N) is 2. The maximum Gasteiger partial charge on any atom is 0.226 e. The molecule has 0 aromatic heterocycles. The number of likely N-dealkylation sites (tertiary alicyclic amines) is 1. The molecule has 0 saturated carbocycles. The van der Waals surface area contributed by atoms with E-state index in [9.17, 15) is 18.7 Å². The van der Waals surface area contributed by atoms with Gasteiger partial charge < -0.3 is 19.6 Å². The first-order valence-electron chi connectivity index (χ1n) is 10.6. The van der Waals surface area contributed by atoms with Gasteiger partial charge in [0.2, 0.25) is 5.91 Å². The number of fused-ring (bicyclic) bond motifs is 2. The monoisotopic (exact) mass is 430 g/mol. The minimum atomic E-state index is -0.466. The molecule has 2 aliphatic rings. The molecule has 7 heteroatoms. The number of carbonyl (C=O) groups excluding carboxylic acids is 1. The third kappa shape index (κ3) is 4.43. The van der Waals surface area contributed by atoms with Crippen LogP contribution in [0.1, 0.15) is 29.5 Å². The molecule has 0 bridgehead atoms. The van der Waals surface area contributed by atoms with Gasteiger partial charge in [-0.25, -0.2) is 8.78 Å². The summed E-state index contributed by atoms with van der Waals surface area (Å²) in [7, 11) is 3.38. The van der Waals surface area contributed by atoms with Gasteiger partial charge in [0.05, 0.1) is 18.1 Å². The number of amides is 1. The lowest BCUT2D eigenvalue weighted by Crippen LogP contribution is -2.46. The van der Waals surface area contributed by atoms with Gasteiger partial charge in [0, 0.05) is 33.7 Å². The van der Waals surface area contributed by atoms with Crippen molar-refractivity contribution in [1.82, 2.24) is 9.80 Å². The molecule has 1 saturated heterocycles. The van der Waals surface area contributed by atoms with Gasteiger partial charge in [-0.05, 0) is 66.3 Å². The molecule has 1 atom stereocenters. The van der Waals surface area contributed by atoms with Crippen molar-refractivity contribution in [3.63, 3.8) is 0 Å². The summed E-state index contributed by atoms with van der Waals surface area (Å²) >= 11 is 0. The van der Waals surface area contributed by atoms with Crippen LogP contribution in [-0.4, -0.2) is 54.5 Å². The zero-order valence-corrected chi connectivity index (χ0v) is 17.9. The van der Waals surface area contributed by atoms with E-state index < -0.39 is 17.3 Å². The molecule has 1 spiro atoms. The molecule has 5 nitrogen and oxygen atoms in total. The van der Waals surface area contributed by atoms with Crippen LogP contribution in [0.5, 0.6) is 5.75 Å². The second-order valence-electron chi connectivity index (χ2n) is 8.79. The smallest absolute Gasteiger partial charge is 0.226 e. The van der Waals surface area contributed by atoms with Crippen molar-refractivity contribution in [3.8, 4) is 5.75 Å². The van der Waals surface area contributed by atoms with Gasteiger partial charge in [-0.3, -0.25) is 4.79 Å². The Morgan fingerprint density at radius 3 is 2.65 bits per heavy atom. The van der Waals surface area contributed by atoms with Crippen molar-refractivity contribution in [2.75, 3.05) is 33.7 Å². The molecule has 2 heterocycles. The third-order valence-electron chi connectivity index (χ3n) is 6.49. The van der Waals surface area contributed by atoms with E-state index in [1.165, 1.54) is 29.2 Å². The molecule has 1 fully saturated rings. The SMILES string of the molecule is CN(C)C(=O)C(Cc1cc(O)ccc1F)CN1CCC2(CC1)OCc1ccc(F)cc12. The lowest BCUT2D eigenvalue weighted by atomic mass is 9.83. The molecule has 1 unspecified atom stereocenters. The van der Waals surface area contributed by atoms with E-state index in [0.717, 1.165) is 11.1 Å². The highest BCUT2D eigenvalue weighted by molar-refractivity contribution is 5.78. The average molecular weight is 430 g/mol. The third-order valence-corrected chi connectivity index (χ3v) is 6.49. The number of hydrogen-bond donors (Lipinski definition) is 1. The van der Waals surface area contributed by atoms with Gasteiger partial charge in [-0.1, -0.05) is 6.07 Å². The van der Waals surface area contributed by atoms with Crippen LogP contribution in [0.25, 0.3) is 0 Å². The van der Waals surface area contributed by atoms with Crippen LogP contribution in [0.2, 0.25) is 0 Å². The van der Waals surface area contributed by atoms with Crippen LogP contribution in [0.15, 0.2) is 36.4 Å². The topological polar surface area (TPSA) is 53.0 Å². The highest BCUT2D eigenvalue weighted by atomic mass is 19.1. The summed E-state index contributed by atoms with van der Waals surface area (Å²) in [6.07, 6.45) is 1.64. The molecule has 166 valence electrons. The predicted octanol–water partition coefficient (Wildman–Crippen LogP) is 3.44. The molecule has 1 amide bonds. The van der Waals surface area contributed by atoms with E-state index in [2.05, 4.69) is 4.90 Å². The summed E-state index contributed by atoms with van der Waals surface area (Å²) in [6.45, 7) is 2.39. The lowest BCUT2D eigenvalue weighted by molar-refractivity contribution is -0.134. The van der Waals surface area contributed by atoms with Gasteiger partial charge in [0.15, 0.2) is 0 Å². The Bertz CT molecular complexity index is 971. The Labute approximate surface area is 181 Å². The molecule has 2 aromatic rings. The summed E-state index contributed by atoms with van der Waals surface area (Å²) in [5.41, 5.74) is 1.84. The lowest BCUT2D eigenvalue weighted by Gasteiger charge is -2.40. The van der Waals surface area contributed by atoms with Crippen molar-refractivity contribution in [3.05, 3.63) is 64.7 Å². The number of benzene rings is 2. The van der Waals surface area contributed by atoms with Crippen molar-refractivity contribution < 1.29 is 23.4 Å². The fourth-order valence-corrected chi connectivity index (χ4v) is 4.79. The first-order valence-corrected chi connectivity index (χ1v) is 10.6. The Hall–Kier alpha value is -2.51. The zero-order chi connectivity index (χ0) is 22.2. The summed E-state index contributed by atoms with van der Waals surface area (Å²) in [5.74, 6) is -1.21. The van der Waals surface area contributed by atoms with Crippen molar-refractivity contribution in [1.29, 1.82) is 0 Å². The van der Waals surface area contributed by atoms with E-state index in [1.54, 1.807) is 26.2 Å². The maximum atomic E-state index is 14.2. The van der Waals surface area contributed by atoms with E-state index >= 15 is 0 Å². The normalized spacial score (nSPS) is 18.7. The maximum absolute atomic E-state index is 14.2. The number of piperidine rings is 1. The van der Waals surface area contributed by atoms with Gasteiger partial charge >= 0.3 is 0 Å². The van der Waals surface area contributed by atoms with Crippen LogP contribution in [-0.2, 0) is 28.2 Å². The van der Waals surface area contributed by atoms with Crippen molar-refractivity contribution >= 4 is 5.91 Å². The van der Waals surface area contributed by atoms with Gasteiger partial charge in [0.1, 0.15) is 17.4 Å². The number of phenols is 1. The van der Waals surface area contributed by atoms with Gasteiger partial charge in [-0.15, -0.1) is 0 Å². The van der Waals surface area contributed by atoms with Gasteiger partial charge in [0.25, 0.3) is 0 Å². The molecule has 2 aliphatic heterocycles. The van der Waals surface area contributed by atoms with E-state index in [-0.39, 0.29) is 23.9 Å². The van der Waals surface area contributed by atoms with Crippen LogP contribution in [0.4, 0.5) is 8.78 Å². The Kier molecular flexibility index (Phi) is 5.99. The Morgan fingerprint density at radius 2 is 1.94 bits per heavy atom. The Morgan fingerprint density at radius 1 is 1.19 bits per heavy atom. The molecular weight excluding hydrogens is 402 g/mol. The second-order valence-corrected chi connectivity index (χ2v) is 8.79. The molecule has 0 radical (unpaired) electrons. The molecule has 0 aliphatic carbocycles. The molecule has 4 rings (SSSR count). The summed E-state index contributed by atoms with van der Waals surface area (Å²) < 4.78 is 34.2. The zero-order valence-electron chi connectivity index (χ0n) is 17.9. The molecule has 1 N–H and O–H groups in total. The minimum Gasteiger partial charge on any atom is -0.508 e. The number of carbonyl (C=O) groups is 1. The summed E-state index contributed by atoms with van der Waals surface area (Å²) in [4.78, 5) is 16.5. The first-order chi connectivity index (χ1) is 14.8. The summed E-state index contributed by atoms with van der Waals surface area (Å²) in [6, 6.07) is 8.75.